The van der Waals surface area contributed by atoms with Crippen LogP contribution >= 0.6 is 0 Å². The summed E-state index contributed by atoms with van der Waals surface area (Å²) >= 11 is 0. The van der Waals surface area contributed by atoms with Crippen molar-refractivity contribution in [2.75, 3.05) is 45.8 Å². The van der Waals surface area contributed by atoms with E-state index in [1.165, 1.54) is 6.42 Å². The maximum Gasteiger partial charge on any atom is 0.251 e. The Morgan fingerprint density at radius 1 is 1.15 bits per heavy atom. The summed E-state index contributed by atoms with van der Waals surface area (Å²) in [4.78, 5) is 35.9. The highest BCUT2D eigenvalue weighted by molar-refractivity contribution is 5.97. The summed E-state index contributed by atoms with van der Waals surface area (Å²) in [7, 11) is 5.50. The molecule has 1 saturated heterocycles. The fourth-order valence-electron chi connectivity index (χ4n) is 9.19. The first-order valence-electron chi connectivity index (χ1n) is 19.3. The quantitative estimate of drug-likeness (QED) is 0.169. The summed E-state index contributed by atoms with van der Waals surface area (Å²) in [5.41, 5.74) is 4.08. The number of nitrogens with zero attached hydrogens (tertiary/aromatic N) is 2. The molecular weight excluding hydrogens is 658 g/mol. The minimum atomic E-state index is -0.892. The van der Waals surface area contributed by atoms with E-state index in [9.17, 15) is 19.8 Å². The lowest BCUT2D eigenvalue weighted by Gasteiger charge is -2.62. The van der Waals surface area contributed by atoms with Crippen molar-refractivity contribution in [1.82, 2.24) is 21.0 Å². The van der Waals surface area contributed by atoms with Gasteiger partial charge in [0.05, 0.1) is 26.4 Å². The molecule has 0 spiro atoms. The van der Waals surface area contributed by atoms with Crippen LogP contribution in [-0.4, -0.2) is 98.3 Å². The maximum atomic E-state index is 14.2. The molecule has 5 N–H and O–H groups in total. The molecule has 0 aromatic heterocycles. The second kappa shape index (κ2) is 16.8. The van der Waals surface area contributed by atoms with Gasteiger partial charge in [-0.1, -0.05) is 52.8 Å². The molecule has 2 bridgehead atoms. The van der Waals surface area contributed by atoms with Crippen LogP contribution in [0.25, 0.3) is 11.1 Å². The number of hydrogen-bond donors (Lipinski definition) is 5. The third-order valence-corrected chi connectivity index (χ3v) is 12.5. The molecule has 9 atom stereocenters. The van der Waals surface area contributed by atoms with Gasteiger partial charge in [0, 0.05) is 61.0 Å². The van der Waals surface area contributed by atoms with Crippen molar-refractivity contribution in [3.05, 3.63) is 47.5 Å². The number of anilines is 1. The van der Waals surface area contributed by atoms with Gasteiger partial charge in [-0.15, -0.1) is 0 Å². The van der Waals surface area contributed by atoms with Gasteiger partial charge in [-0.2, -0.15) is 5.06 Å². The average molecular weight is 722 g/mol. The van der Waals surface area contributed by atoms with Gasteiger partial charge in [0.25, 0.3) is 5.91 Å². The number of amides is 2. The van der Waals surface area contributed by atoms with Crippen LogP contribution < -0.4 is 25.6 Å². The molecule has 52 heavy (non-hydrogen) atoms. The van der Waals surface area contributed by atoms with Gasteiger partial charge in [-0.25, -0.2) is 0 Å². The topological polar surface area (TPSA) is 136 Å². The number of aliphatic hydroxyl groups excluding tert-OH is 2. The summed E-state index contributed by atoms with van der Waals surface area (Å²) in [6, 6.07) is 11.2. The first-order chi connectivity index (χ1) is 24.7. The Kier molecular flexibility index (Phi) is 13.0. The number of benzene rings is 2. The molecule has 11 heteroatoms. The number of rotatable bonds is 16. The highest BCUT2D eigenvalue weighted by Gasteiger charge is 2.57. The van der Waals surface area contributed by atoms with E-state index in [0.29, 0.717) is 41.7 Å². The second-order valence-corrected chi connectivity index (χ2v) is 16.1. The Bertz CT molecular complexity index is 1550. The Morgan fingerprint density at radius 3 is 2.50 bits per heavy atom. The van der Waals surface area contributed by atoms with Crippen molar-refractivity contribution in [3.63, 3.8) is 0 Å². The summed E-state index contributed by atoms with van der Waals surface area (Å²) in [6.45, 7) is 14.1. The van der Waals surface area contributed by atoms with Crippen molar-refractivity contribution in [3.8, 4) is 16.9 Å². The molecule has 2 aromatic rings. The summed E-state index contributed by atoms with van der Waals surface area (Å²) in [5.74, 6) is 1.10. The Balaban J connectivity index is 1.41. The molecule has 1 heterocycles. The molecule has 0 radical (unpaired) electrons. The van der Waals surface area contributed by atoms with E-state index in [2.05, 4.69) is 50.6 Å². The zero-order valence-electron chi connectivity index (χ0n) is 32.7. The van der Waals surface area contributed by atoms with Crippen molar-refractivity contribution < 1.29 is 29.4 Å². The maximum absolute atomic E-state index is 14.2. The molecule has 1 unspecified atom stereocenters. The smallest absolute Gasteiger partial charge is 0.251 e. The molecule has 2 aromatic carbocycles. The third-order valence-electron chi connectivity index (χ3n) is 12.5. The Hall–Kier alpha value is -3.22. The van der Waals surface area contributed by atoms with E-state index in [-0.39, 0.29) is 36.4 Å². The van der Waals surface area contributed by atoms with Gasteiger partial charge in [-0.05, 0) is 86.1 Å². The van der Waals surface area contributed by atoms with E-state index in [0.717, 1.165) is 48.2 Å². The number of hydroxylamine groups is 2. The predicted molar refractivity (Wildman–Crippen MR) is 205 cm³/mol. The monoisotopic (exact) mass is 721 g/mol. The van der Waals surface area contributed by atoms with Crippen LogP contribution in [0.2, 0.25) is 0 Å². The van der Waals surface area contributed by atoms with Crippen molar-refractivity contribution in [2.24, 2.45) is 29.1 Å². The largest absolute Gasteiger partial charge is 0.496 e. The predicted octanol–water partition coefficient (Wildman–Crippen LogP) is 4.60. The Morgan fingerprint density at radius 2 is 1.90 bits per heavy atom. The van der Waals surface area contributed by atoms with Crippen LogP contribution in [-0.2, 0) is 16.2 Å². The number of aliphatic hydroxyl groups is 2. The van der Waals surface area contributed by atoms with Gasteiger partial charge in [0.2, 0.25) is 5.91 Å². The van der Waals surface area contributed by atoms with Crippen LogP contribution in [0.15, 0.2) is 36.4 Å². The Labute approximate surface area is 310 Å². The fraction of sp³-hybridized carbons (Fsp3) is 0.659. The number of hydrogen-bond acceptors (Lipinski definition) is 9. The zero-order chi connectivity index (χ0) is 37.9. The molecule has 4 fully saturated rings. The van der Waals surface area contributed by atoms with E-state index < -0.39 is 24.2 Å². The molecule has 11 nitrogen and oxygen atoms in total. The van der Waals surface area contributed by atoms with E-state index in [4.69, 9.17) is 9.57 Å². The minimum Gasteiger partial charge on any atom is -0.496 e. The van der Waals surface area contributed by atoms with Gasteiger partial charge in [-0.3, -0.25) is 14.4 Å². The van der Waals surface area contributed by atoms with Gasteiger partial charge in [0.15, 0.2) is 0 Å². The van der Waals surface area contributed by atoms with Crippen LogP contribution in [0.3, 0.4) is 0 Å². The van der Waals surface area contributed by atoms with Crippen LogP contribution in [0.5, 0.6) is 5.75 Å². The SMILES string of the molecule is CCNC(CC)CCNC(=O)c1cc(-c2cccc(CN3O[C@@H](CO)[C@@H]([C@H](C)O)[C@H]3C(=O)N[C@H]3C[C@H]4C[C@@H]([C@@H]3C)C4(C)C)c2OC)cc(N(C)C)c1. The lowest BCUT2D eigenvalue weighted by molar-refractivity contribution is -0.183. The summed E-state index contributed by atoms with van der Waals surface area (Å²) in [5, 5.41) is 32.8. The normalized spacial score (nSPS) is 27.7. The summed E-state index contributed by atoms with van der Waals surface area (Å²) < 4.78 is 6.06. The van der Waals surface area contributed by atoms with Crippen molar-refractivity contribution in [2.45, 2.75) is 104 Å². The molecule has 2 amide bonds. The van der Waals surface area contributed by atoms with E-state index in [1.807, 2.05) is 55.4 Å². The lowest BCUT2D eigenvalue weighted by atomic mass is 9.45. The summed E-state index contributed by atoms with van der Waals surface area (Å²) in [6.07, 6.45) is 2.34. The zero-order valence-corrected chi connectivity index (χ0v) is 32.7. The molecule has 6 rings (SSSR count). The van der Waals surface area contributed by atoms with Gasteiger partial charge < -0.3 is 35.8 Å². The van der Waals surface area contributed by atoms with Crippen molar-refractivity contribution >= 4 is 17.5 Å². The highest BCUT2D eigenvalue weighted by atomic mass is 16.7. The van der Waals surface area contributed by atoms with E-state index >= 15 is 0 Å². The van der Waals surface area contributed by atoms with Crippen LogP contribution in [0.1, 0.15) is 83.1 Å². The van der Waals surface area contributed by atoms with Gasteiger partial charge in [0.1, 0.15) is 17.9 Å². The minimum absolute atomic E-state index is 0.0447. The standard InChI is InChI=1S/C41H63N5O6/c1-10-30(42-11-2)15-16-43-39(49)28-17-27(18-31(19-28)45(7)8)32-14-12-13-26(38(32)51-9)22-46-37(36(25(4)48)35(23-47)52-46)40(50)44-34-21-29-20-33(24(34)3)41(29,5)6/h12-14,17-19,24-25,29-30,33-37,42,47-48H,10-11,15-16,20-23H2,1-9H3,(H,43,49)(H,44,50)/t24-,25-,29+,30?,33-,34-,35-,36+,37-/m0/s1. The molecule has 3 aliphatic carbocycles. The lowest BCUT2D eigenvalue weighted by Crippen LogP contribution is -2.62. The number of ether oxygens (including phenoxy) is 1. The number of carbonyl (C=O) groups excluding carboxylic acids is 2. The first-order valence-corrected chi connectivity index (χ1v) is 19.3. The third kappa shape index (κ3) is 8.14. The number of nitrogens with one attached hydrogen (secondary N) is 3. The van der Waals surface area contributed by atoms with Crippen LogP contribution in [0.4, 0.5) is 5.69 Å². The molecule has 3 saturated carbocycles. The number of methoxy groups -OCH3 is 1. The first kappa shape index (κ1) is 40.0. The second-order valence-electron chi connectivity index (χ2n) is 16.1. The fourth-order valence-corrected chi connectivity index (χ4v) is 9.19. The van der Waals surface area contributed by atoms with Crippen molar-refractivity contribution in [1.29, 1.82) is 0 Å². The average Bonchev–Trinajstić information content (AvgIpc) is 3.50. The molecule has 288 valence electrons. The van der Waals surface area contributed by atoms with Crippen LogP contribution in [0, 0.1) is 29.1 Å². The number of fused-ring (bicyclic) bond motifs is 2. The molecule has 4 aliphatic rings. The number of carbonyl (C=O) groups is 2. The molecular formula is C41H63N5O6. The number of para-hydroxylation sites is 1. The van der Waals surface area contributed by atoms with E-state index in [1.54, 1.807) is 19.1 Å². The van der Waals surface area contributed by atoms with Gasteiger partial charge >= 0.3 is 0 Å². The highest BCUT2D eigenvalue weighted by Crippen LogP contribution is 2.61. The molecule has 1 aliphatic heterocycles.